The van der Waals surface area contributed by atoms with Gasteiger partial charge in [0.1, 0.15) is 5.75 Å². The predicted octanol–water partition coefficient (Wildman–Crippen LogP) is 2.61. The van der Waals surface area contributed by atoms with Crippen molar-refractivity contribution in [3.8, 4) is 11.5 Å². The van der Waals surface area contributed by atoms with Crippen molar-refractivity contribution in [2.24, 2.45) is 0 Å². The summed E-state index contributed by atoms with van der Waals surface area (Å²) in [5.74, 6) is -0.555. The molecule has 0 aliphatic rings. The number of anilines is 2. The molecule has 0 fully saturated rings. The highest BCUT2D eigenvalue weighted by molar-refractivity contribution is 6.00. The summed E-state index contributed by atoms with van der Waals surface area (Å²) in [7, 11) is 1.59. The number of phenols is 1. The van der Waals surface area contributed by atoms with Crippen LogP contribution in [-0.4, -0.2) is 35.0 Å². The molecule has 0 unspecified atom stereocenters. The Morgan fingerprint density at radius 3 is 2.67 bits per heavy atom. The van der Waals surface area contributed by atoms with E-state index >= 15 is 0 Å². The van der Waals surface area contributed by atoms with Crippen LogP contribution in [0.25, 0.3) is 0 Å². The standard InChI is InChI=1S/C21H21FN4O4/c1-30-16-7-4-14(5-8-16)10-12-24-21(28)26(15-6-9-19(27)17(22)13-15)20-18(25-29)3-2-11-23-20/h2-9,11,13,25,27,29H,10,12H2,1H3,(H,24,28)/p+1. The number of nitrogens with two attached hydrogens (primary N) is 1. The predicted molar refractivity (Wildman–Crippen MR) is 108 cm³/mol. The number of nitrogens with zero attached hydrogens (tertiary/aromatic N) is 2. The molecular weight excluding hydrogens is 391 g/mol. The first-order valence-corrected chi connectivity index (χ1v) is 9.15. The number of rotatable bonds is 7. The topological polar surface area (TPSA) is 112 Å². The molecule has 0 saturated carbocycles. The average molecular weight is 413 g/mol. The van der Waals surface area contributed by atoms with Crippen LogP contribution in [0.15, 0.2) is 60.8 Å². The van der Waals surface area contributed by atoms with Gasteiger partial charge in [0.05, 0.1) is 12.8 Å². The van der Waals surface area contributed by atoms with Crippen LogP contribution >= 0.6 is 0 Å². The Balaban J connectivity index is 1.81. The normalized spacial score (nSPS) is 10.5. The lowest BCUT2D eigenvalue weighted by molar-refractivity contribution is -0.825. The van der Waals surface area contributed by atoms with Crippen molar-refractivity contribution in [3.63, 3.8) is 0 Å². The summed E-state index contributed by atoms with van der Waals surface area (Å²) >= 11 is 0. The molecule has 5 N–H and O–H groups in total. The Morgan fingerprint density at radius 1 is 1.23 bits per heavy atom. The molecule has 30 heavy (non-hydrogen) atoms. The van der Waals surface area contributed by atoms with Crippen LogP contribution in [0.4, 0.5) is 26.4 Å². The van der Waals surface area contributed by atoms with Gasteiger partial charge in [-0.25, -0.2) is 24.3 Å². The third-order valence-electron chi connectivity index (χ3n) is 4.41. The summed E-state index contributed by atoms with van der Waals surface area (Å²) in [5.41, 5.74) is 2.24. The molecule has 9 heteroatoms. The fourth-order valence-corrected chi connectivity index (χ4v) is 2.85. The van der Waals surface area contributed by atoms with E-state index in [1.165, 1.54) is 12.3 Å². The summed E-state index contributed by atoms with van der Waals surface area (Å²) in [5, 5.41) is 21.8. The molecule has 8 nitrogen and oxygen atoms in total. The Bertz CT molecular complexity index is 1010. The van der Waals surface area contributed by atoms with Gasteiger partial charge in [-0.2, -0.15) is 5.48 Å². The maximum Gasteiger partial charge on any atom is 0.327 e. The van der Waals surface area contributed by atoms with E-state index in [1.807, 2.05) is 24.3 Å². The van der Waals surface area contributed by atoms with Gasteiger partial charge in [-0.05, 0) is 42.3 Å². The van der Waals surface area contributed by atoms with Gasteiger partial charge in [-0.15, -0.1) is 0 Å². The van der Waals surface area contributed by atoms with Crippen molar-refractivity contribution < 1.29 is 29.7 Å². The number of urea groups is 1. The lowest BCUT2D eigenvalue weighted by atomic mass is 10.1. The Morgan fingerprint density at radius 2 is 2.00 bits per heavy atom. The second kappa shape index (κ2) is 9.68. The lowest BCUT2D eigenvalue weighted by Gasteiger charge is -2.23. The number of methoxy groups -OCH3 is 1. The summed E-state index contributed by atoms with van der Waals surface area (Å²) in [6.07, 6.45) is 2.02. The average Bonchev–Trinajstić information content (AvgIpc) is 2.77. The molecule has 1 heterocycles. The molecule has 156 valence electrons. The molecular formula is C21H22FN4O4+. The highest BCUT2D eigenvalue weighted by Gasteiger charge is 2.25. The van der Waals surface area contributed by atoms with Crippen LogP contribution in [0.1, 0.15) is 5.56 Å². The van der Waals surface area contributed by atoms with E-state index in [2.05, 4.69) is 10.3 Å². The Kier molecular flexibility index (Phi) is 6.79. The molecule has 0 radical (unpaired) electrons. The Labute approximate surface area is 172 Å². The van der Waals surface area contributed by atoms with Crippen LogP contribution in [-0.2, 0) is 6.42 Å². The molecule has 3 rings (SSSR count). The number of pyridine rings is 1. The number of carbonyl (C=O) groups is 1. The van der Waals surface area contributed by atoms with Gasteiger partial charge in [0.25, 0.3) is 0 Å². The largest absolute Gasteiger partial charge is 0.505 e. The van der Waals surface area contributed by atoms with Gasteiger partial charge >= 0.3 is 6.03 Å². The van der Waals surface area contributed by atoms with Crippen LogP contribution in [0.2, 0.25) is 0 Å². The number of benzene rings is 2. The molecule has 1 aromatic heterocycles. The number of quaternary nitrogens is 1. The van der Waals surface area contributed by atoms with Gasteiger partial charge < -0.3 is 15.2 Å². The zero-order valence-electron chi connectivity index (χ0n) is 16.2. The van der Waals surface area contributed by atoms with Crippen molar-refractivity contribution in [2.45, 2.75) is 6.42 Å². The minimum absolute atomic E-state index is 0.118. The Hall–Kier alpha value is -3.69. The minimum Gasteiger partial charge on any atom is -0.505 e. The molecule has 0 spiro atoms. The van der Waals surface area contributed by atoms with E-state index < -0.39 is 17.6 Å². The van der Waals surface area contributed by atoms with E-state index in [4.69, 9.17) is 4.74 Å². The van der Waals surface area contributed by atoms with Gasteiger partial charge in [-0.3, -0.25) is 0 Å². The second-order valence-corrected chi connectivity index (χ2v) is 6.35. The fourth-order valence-electron chi connectivity index (χ4n) is 2.85. The quantitative estimate of drug-likeness (QED) is 0.445. The number of ether oxygens (including phenoxy) is 1. The minimum atomic E-state index is -0.881. The molecule has 0 aliphatic carbocycles. The maximum absolute atomic E-state index is 13.9. The van der Waals surface area contributed by atoms with Crippen molar-refractivity contribution in [1.29, 1.82) is 0 Å². The number of aromatic hydroxyl groups is 1. The molecule has 0 aliphatic heterocycles. The molecule has 0 bridgehead atoms. The third kappa shape index (κ3) is 4.83. The number of phenolic OH excluding ortho intramolecular Hbond substituents is 1. The lowest BCUT2D eigenvalue weighted by Crippen LogP contribution is -2.74. The number of nitrogens with one attached hydrogen (secondary N) is 1. The summed E-state index contributed by atoms with van der Waals surface area (Å²) in [4.78, 5) is 18.3. The number of hydrogen-bond acceptors (Lipinski definition) is 5. The molecule has 2 aromatic carbocycles. The number of carbonyl (C=O) groups excluding carboxylic acids is 1. The van der Waals surface area contributed by atoms with Gasteiger partial charge in [-0.1, -0.05) is 12.1 Å². The first kappa shape index (κ1) is 21.0. The SMILES string of the molecule is COc1ccc(CCNC(=O)N(c2ccc(O)c(F)c2)c2ncccc2[NH2+]O)cc1. The second-order valence-electron chi connectivity index (χ2n) is 6.35. The zero-order valence-corrected chi connectivity index (χ0v) is 16.2. The zero-order chi connectivity index (χ0) is 21.5. The first-order valence-electron chi connectivity index (χ1n) is 9.15. The molecule has 0 saturated heterocycles. The molecule has 3 aromatic rings. The van der Waals surface area contributed by atoms with Crippen molar-refractivity contribution in [2.75, 3.05) is 18.6 Å². The smallest absolute Gasteiger partial charge is 0.327 e. The monoisotopic (exact) mass is 413 g/mol. The fraction of sp³-hybridized carbons (Fsp3) is 0.143. The summed E-state index contributed by atoms with van der Waals surface area (Å²) in [6.45, 7) is 0.313. The highest BCUT2D eigenvalue weighted by atomic mass is 19.1. The molecule has 0 atom stereocenters. The van der Waals surface area contributed by atoms with Crippen molar-refractivity contribution in [1.82, 2.24) is 10.3 Å². The third-order valence-corrected chi connectivity index (χ3v) is 4.41. The number of hydrogen-bond donors (Lipinski definition) is 4. The van der Waals surface area contributed by atoms with Crippen LogP contribution in [0.5, 0.6) is 11.5 Å². The summed E-state index contributed by atoms with van der Waals surface area (Å²) < 4.78 is 19.1. The van der Waals surface area contributed by atoms with E-state index in [0.717, 1.165) is 33.8 Å². The number of amides is 2. The van der Waals surface area contributed by atoms with E-state index in [-0.39, 0.29) is 17.2 Å². The van der Waals surface area contributed by atoms with Crippen LogP contribution < -0.4 is 20.4 Å². The summed E-state index contributed by atoms with van der Waals surface area (Å²) in [6, 6.07) is 13.6. The van der Waals surface area contributed by atoms with E-state index in [0.29, 0.717) is 13.0 Å². The number of aromatic nitrogens is 1. The highest BCUT2D eigenvalue weighted by Crippen LogP contribution is 2.30. The molecule has 2 amide bonds. The maximum atomic E-state index is 13.9. The van der Waals surface area contributed by atoms with Crippen LogP contribution in [0.3, 0.4) is 0 Å². The number of halogens is 1. The van der Waals surface area contributed by atoms with Crippen LogP contribution in [0, 0.1) is 5.82 Å². The van der Waals surface area contributed by atoms with Gasteiger partial charge in [0.2, 0.25) is 11.5 Å². The van der Waals surface area contributed by atoms with Crippen molar-refractivity contribution >= 4 is 23.2 Å². The van der Waals surface area contributed by atoms with E-state index in [1.54, 1.807) is 19.2 Å². The van der Waals surface area contributed by atoms with Gasteiger partial charge in [0.15, 0.2) is 11.6 Å². The van der Waals surface area contributed by atoms with Crippen molar-refractivity contribution in [3.05, 3.63) is 72.2 Å². The first-order chi connectivity index (χ1) is 14.5. The van der Waals surface area contributed by atoms with Gasteiger partial charge in [0, 0.05) is 24.9 Å². The van der Waals surface area contributed by atoms with E-state index in [9.17, 15) is 19.5 Å².